The maximum atomic E-state index is 13.3. The van der Waals surface area contributed by atoms with Gasteiger partial charge in [0.1, 0.15) is 12.3 Å². The quantitative estimate of drug-likeness (QED) is 0.181. The molecule has 0 bridgehead atoms. The van der Waals surface area contributed by atoms with Gasteiger partial charge in [-0.2, -0.15) is 4.31 Å². The molecule has 0 unspecified atom stereocenters. The van der Waals surface area contributed by atoms with Crippen LogP contribution in [0.3, 0.4) is 0 Å². The number of anilines is 2. The molecule has 42 heavy (non-hydrogen) atoms. The number of hydrogen-bond donors (Lipinski definition) is 4. The van der Waals surface area contributed by atoms with E-state index < -0.39 is 32.1 Å². The fourth-order valence-corrected chi connectivity index (χ4v) is 6.87. The zero-order valence-corrected chi connectivity index (χ0v) is 26.1. The third kappa shape index (κ3) is 9.56. The van der Waals surface area contributed by atoms with Gasteiger partial charge in [0.05, 0.1) is 29.5 Å². The number of ether oxygens (including phenoxy) is 1. The highest BCUT2D eigenvalue weighted by atomic mass is 32.2. The number of aromatic hydroxyl groups is 1. The van der Waals surface area contributed by atoms with Crippen LogP contribution in [0.15, 0.2) is 47.4 Å². The first kappa shape index (κ1) is 33.6. The lowest BCUT2D eigenvalue weighted by Gasteiger charge is -2.34. The first-order valence-corrected chi connectivity index (χ1v) is 17.3. The molecule has 1 aliphatic rings. The van der Waals surface area contributed by atoms with Crippen molar-refractivity contribution < 1.29 is 36.6 Å². The Balaban J connectivity index is 1.56. The molecule has 0 saturated carbocycles. The molecular formula is C28H42N4O8S2. The fourth-order valence-electron chi connectivity index (χ4n) is 4.76. The highest BCUT2D eigenvalue weighted by Crippen LogP contribution is 2.28. The topological polar surface area (TPSA) is 166 Å². The Morgan fingerprint density at radius 3 is 2.31 bits per heavy atom. The summed E-state index contributed by atoms with van der Waals surface area (Å²) in [6.45, 7) is 7.20. The van der Waals surface area contributed by atoms with Gasteiger partial charge in [0.15, 0.2) is 0 Å². The summed E-state index contributed by atoms with van der Waals surface area (Å²) in [4.78, 5) is 14.3. The summed E-state index contributed by atoms with van der Waals surface area (Å²) in [5.74, 6) is -0.786. The number of phenols is 1. The number of nitrogens with zero attached hydrogens (tertiary/aromatic N) is 2. The molecule has 1 aliphatic heterocycles. The van der Waals surface area contributed by atoms with E-state index in [1.165, 1.54) is 12.1 Å². The summed E-state index contributed by atoms with van der Waals surface area (Å²) < 4.78 is 58.0. The predicted octanol–water partition coefficient (Wildman–Crippen LogP) is 2.27. The summed E-state index contributed by atoms with van der Waals surface area (Å²) in [7, 11) is -7.47. The van der Waals surface area contributed by atoms with Crippen molar-refractivity contribution in [3.63, 3.8) is 0 Å². The van der Waals surface area contributed by atoms with Crippen molar-refractivity contribution in [1.29, 1.82) is 0 Å². The minimum atomic E-state index is -3.89. The van der Waals surface area contributed by atoms with Gasteiger partial charge < -0.3 is 25.2 Å². The molecule has 3 rings (SSSR count). The first-order chi connectivity index (χ1) is 19.7. The standard InChI is InChI=1S/C28H42N4O8S2/c1-5-40-28(35)19-32(18-20(2)3)42(38,39)24-9-7-23(8-10-24)31-14-12-22(13-15-31)29-17-27(34)21-6-11-26(33)25(16-21)30-41(4,36)37/h6-11,16,20,22,27,29-30,33-34H,5,12-15,17-19H2,1-4H3/t27-/m0/s1. The van der Waals surface area contributed by atoms with E-state index in [9.17, 15) is 31.8 Å². The predicted molar refractivity (Wildman–Crippen MR) is 161 cm³/mol. The average molecular weight is 627 g/mol. The fraction of sp³-hybridized carbons (Fsp3) is 0.536. The number of aliphatic hydroxyl groups excluding tert-OH is 1. The molecule has 0 spiro atoms. The Morgan fingerprint density at radius 2 is 1.74 bits per heavy atom. The number of carbonyl (C=O) groups excluding carboxylic acids is 1. The Kier molecular flexibility index (Phi) is 11.6. The van der Waals surface area contributed by atoms with Gasteiger partial charge in [-0.05, 0) is 67.6 Å². The summed E-state index contributed by atoms with van der Waals surface area (Å²) in [6, 6.07) is 11.1. The van der Waals surface area contributed by atoms with Crippen LogP contribution in [0.5, 0.6) is 5.75 Å². The smallest absolute Gasteiger partial charge is 0.321 e. The van der Waals surface area contributed by atoms with Crippen LogP contribution in [-0.2, 0) is 29.6 Å². The number of carbonyl (C=O) groups is 1. The van der Waals surface area contributed by atoms with Crippen molar-refractivity contribution >= 4 is 37.4 Å². The van der Waals surface area contributed by atoms with E-state index in [0.717, 1.165) is 42.2 Å². The van der Waals surface area contributed by atoms with E-state index in [4.69, 9.17) is 4.74 Å². The number of piperidine rings is 1. The molecule has 14 heteroatoms. The minimum absolute atomic E-state index is 0.00723. The summed E-state index contributed by atoms with van der Waals surface area (Å²) in [5.41, 5.74) is 1.36. The van der Waals surface area contributed by atoms with Gasteiger partial charge in [-0.1, -0.05) is 19.9 Å². The lowest BCUT2D eigenvalue weighted by molar-refractivity contribution is -0.143. The normalized spacial score (nSPS) is 15.6. The number of esters is 1. The summed E-state index contributed by atoms with van der Waals surface area (Å²) >= 11 is 0. The van der Waals surface area contributed by atoms with Crippen molar-refractivity contribution in [2.24, 2.45) is 5.92 Å². The third-order valence-electron chi connectivity index (χ3n) is 6.81. The van der Waals surface area contributed by atoms with E-state index >= 15 is 0 Å². The molecule has 234 valence electrons. The minimum Gasteiger partial charge on any atom is -0.506 e. The van der Waals surface area contributed by atoms with Crippen LogP contribution in [0.1, 0.15) is 45.3 Å². The van der Waals surface area contributed by atoms with Crippen molar-refractivity contribution in [1.82, 2.24) is 9.62 Å². The van der Waals surface area contributed by atoms with Crippen LogP contribution in [0.2, 0.25) is 0 Å². The van der Waals surface area contributed by atoms with Crippen LogP contribution < -0.4 is 14.9 Å². The molecule has 0 radical (unpaired) electrons. The maximum Gasteiger partial charge on any atom is 0.321 e. The number of hydrogen-bond acceptors (Lipinski definition) is 10. The monoisotopic (exact) mass is 626 g/mol. The van der Waals surface area contributed by atoms with Gasteiger partial charge in [-0.25, -0.2) is 16.8 Å². The summed E-state index contributed by atoms with van der Waals surface area (Å²) in [6.07, 6.45) is 1.67. The van der Waals surface area contributed by atoms with E-state index in [0.29, 0.717) is 5.56 Å². The average Bonchev–Trinajstić information content (AvgIpc) is 2.92. The van der Waals surface area contributed by atoms with E-state index in [2.05, 4.69) is 14.9 Å². The highest BCUT2D eigenvalue weighted by Gasteiger charge is 2.28. The van der Waals surface area contributed by atoms with Crippen molar-refractivity contribution in [3.8, 4) is 5.75 Å². The second kappa shape index (κ2) is 14.5. The number of rotatable bonds is 14. The van der Waals surface area contributed by atoms with Crippen LogP contribution >= 0.6 is 0 Å². The maximum absolute atomic E-state index is 13.3. The van der Waals surface area contributed by atoms with Gasteiger partial charge in [0.2, 0.25) is 20.0 Å². The lowest BCUT2D eigenvalue weighted by Crippen LogP contribution is -2.43. The number of aliphatic hydroxyl groups is 1. The van der Waals surface area contributed by atoms with Gasteiger partial charge in [0, 0.05) is 37.9 Å². The van der Waals surface area contributed by atoms with Gasteiger partial charge in [-0.15, -0.1) is 0 Å². The Labute approximate surface area is 248 Å². The third-order valence-corrected chi connectivity index (χ3v) is 9.23. The van der Waals surface area contributed by atoms with Crippen molar-refractivity contribution in [3.05, 3.63) is 48.0 Å². The van der Waals surface area contributed by atoms with E-state index in [1.807, 2.05) is 13.8 Å². The SMILES string of the molecule is CCOC(=O)CN(CC(C)C)S(=O)(=O)c1ccc(N2CCC(NC[C@H](O)c3ccc(O)c(NS(C)(=O)=O)c3)CC2)cc1. The zero-order chi connectivity index (χ0) is 31.1. The second-order valence-corrected chi connectivity index (χ2v) is 14.5. The van der Waals surface area contributed by atoms with Crippen LogP contribution in [0.25, 0.3) is 0 Å². The van der Waals surface area contributed by atoms with Crippen molar-refractivity contribution in [2.45, 2.75) is 50.7 Å². The Hall–Kier alpha value is -2.91. The van der Waals surface area contributed by atoms with Crippen LogP contribution in [0.4, 0.5) is 11.4 Å². The number of phenolic OH excluding ortho intramolecular Hbond substituents is 1. The highest BCUT2D eigenvalue weighted by molar-refractivity contribution is 7.92. The van der Waals surface area contributed by atoms with Crippen molar-refractivity contribution in [2.75, 3.05) is 55.2 Å². The molecule has 4 N–H and O–H groups in total. The van der Waals surface area contributed by atoms with Crippen LogP contribution in [0, 0.1) is 5.92 Å². The molecular weight excluding hydrogens is 584 g/mol. The molecule has 2 aromatic rings. The Morgan fingerprint density at radius 1 is 1.10 bits per heavy atom. The van der Waals surface area contributed by atoms with E-state index in [-0.39, 0.29) is 54.5 Å². The largest absolute Gasteiger partial charge is 0.506 e. The summed E-state index contributed by atoms with van der Waals surface area (Å²) in [5, 5.41) is 23.9. The zero-order valence-electron chi connectivity index (χ0n) is 24.5. The molecule has 1 fully saturated rings. The van der Waals surface area contributed by atoms with Gasteiger partial charge in [0.25, 0.3) is 0 Å². The number of benzene rings is 2. The molecule has 12 nitrogen and oxygen atoms in total. The first-order valence-electron chi connectivity index (χ1n) is 13.9. The number of nitrogens with one attached hydrogen (secondary N) is 2. The Bertz CT molecular complexity index is 1410. The van der Waals surface area contributed by atoms with Gasteiger partial charge in [-0.3, -0.25) is 9.52 Å². The second-order valence-electron chi connectivity index (χ2n) is 10.8. The molecule has 0 aromatic heterocycles. The molecule has 0 aliphatic carbocycles. The van der Waals surface area contributed by atoms with Crippen LogP contribution in [-0.4, -0.2) is 89.0 Å². The molecule has 1 heterocycles. The van der Waals surface area contributed by atoms with Gasteiger partial charge >= 0.3 is 5.97 Å². The lowest BCUT2D eigenvalue weighted by atomic mass is 10.0. The molecule has 1 saturated heterocycles. The molecule has 2 aromatic carbocycles. The molecule has 0 amide bonds. The molecule has 1 atom stereocenters. The van der Waals surface area contributed by atoms with E-state index in [1.54, 1.807) is 37.3 Å². The number of sulfonamides is 2.